The zero-order valence-electron chi connectivity index (χ0n) is 11.4. The van der Waals surface area contributed by atoms with Gasteiger partial charge in [0.2, 0.25) is 0 Å². The first-order valence-corrected chi connectivity index (χ1v) is 6.18. The average Bonchev–Trinajstić information content (AvgIpc) is 2.43. The molecule has 0 fully saturated rings. The van der Waals surface area contributed by atoms with Crippen molar-refractivity contribution in [2.75, 3.05) is 11.9 Å². The van der Waals surface area contributed by atoms with Gasteiger partial charge in [-0.15, -0.1) is 0 Å². The molecule has 7 nitrogen and oxygen atoms in total. The number of carbonyl (C=O) groups excluding carboxylic acids is 1. The van der Waals surface area contributed by atoms with Crippen molar-refractivity contribution >= 4 is 23.7 Å². The van der Waals surface area contributed by atoms with Crippen molar-refractivity contribution in [1.29, 1.82) is 0 Å². The van der Waals surface area contributed by atoms with Gasteiger partial charge in [0.1, 0.15) is 0 Å². The Bertz CT molecular complexity index is 563. The van der Waals surface area contributed by atoms with Crippen LogP contribution < -0.4 is 10.6 Å². The molecule has 112 valence electrons. The van der Waals surface area contributed by atoms with Crippen LogP contribution in [-0.4, -0.2) is 34.7 Å². The molecular formula is C14H16N2O5. The first kappa shape index (κ1) is 16.2. The fourth-order valence-electron chi connectivity index (χ4n) is 1.43. The van der Waals surface area contributed by atoms with Crippen LogP contribution in [0.25, 0.3) is 0 Å². The first-order valence-electron chi connectivity index (χ1n) is 6.18. The highest BCUT2D eigenvalue weighted by Gasteiger charge is 2.04. The number of hydrogen-bond donors (Lipinski definition) is 4. The van der Waals surface area contributed by atoms with E-state index in [9.17, 15) is 14.4 Å². The van der Waals surface area contributed by atoms with E-state index < -0.39 is 18.0 Å². The van der Waals surface area contributed by atoms with Gasteiger partial charge >= 0.3 is 18.0 Å². The van der Waals surface area contributed by atoms with Gasteiger partial charge in [-0.2, -0.15) is 0 Å². The number of hydrogen-bond acceptors (Lipinski definition) is 3. The maximum Gasteiger partial charge on any atom is 0.335 e. The predicted molar refractivity (Wildman–Crippen MR) is 76.4 cm³/mol. The van der Waals surface area contributed by atoms with Gasteiger partial charge in [0, 0.05) is 17.8 Å². The largest absolute Gasteiger partial charge is 0.478 e. The highest BCUT2D eigenvalue weighted by Crippen LogP contribution is 2.09. The van der Waals surface area contributed by atoms with E-state index in [0.29, 0.717) is 18.7 Å². The van der Waals surface area contributed by atoms with Crippen molar-refractivity contribution in [3.8, 4) is 0 Å². The molecule has 0 atom stereocenters. The van der Waals surface area contributed by atoms with Crippen LogP contribution in [0.5, 0.6) is 0 Å². The monoisotopic (exact) mass is 292 g/mol. The fraction of sp³-hybridized carbons (Fsp3) is 0.214. The number of carboxylic acid groups (broad SMARTS) is 2. The molecule has 0 unspecified atom stereocenters. The summed E-state index contributed by atoms with van der Waals surface area (Å²) in [7, 11) is 0. The van der Waals surface area contributed by atoms with E-state index in [-0.39, 0.29) is 11.1 Å². The summed E-state index contributed by atoms with van der Waals surface area (Å²) in [6.45, 7) is 1.77. The molecule has 0 aliphatic rings. The number of carboxylic acids is 2. The molecule has 0 saturated carbocycles. The van der Waals surface area contributed by atoms with Gasteiger partial charge in [0.25, 0.3) is 0 Å². The number of benzene rings is 1. The van der Waals surface area contributed by atoms with Gasteiger partial charge in [0.05, 0.1) is 5.56 Å². The Hall–Kier alpha value is -2.83. The Morgan fingerprint density at radius 3 is 2.29 bits per heavy atom. The third kappa shape index (κ3) is 5.77. The van der Waals surface area contributed by atoms with Crippen molar-refractivity contribution in [1.82, 2.24) is 5.32 Å². The number of aliphatic carboxylic acids is 1. The lowest BCUT2D eigenvalue weighted by molar-refractivity contribution is -0.132. The van der Waals surface area contributed by atoms with Gasteiger partial charge in [0.15, 0.2) is 0 Å². The summed E-state index contributed by atoms with van der Waals surface area (Å²) in [5.74, 6) is -2.02. The van der Waals surface area contributed by atoms with Crippen LogP contribution in [0.1, 0.15) is 23.7 Å². The SMILES string of the molecule is C/C(=C\CCNC(=O)Nc1ccc(C(=O)O)cc1)C(=O)O. The molecule has 7 heteroatoms. The third-order valence-corrected chi connectivity index (χ3v) is 2.61. The molecule has 0 aliphatic carbocycles. The standard InChI is InChI=1S/C14H16N2O5/c1-9(12(17)18)3-2-8-15-14(21)16-11-6-4-10(5-7-11)13(19)20/h3-7H,2,8H2,1H3,(H,17,18)(H,19,20)(H2,15,16,21)/b9-3+. The molecule has 0 heterocycles. The van der Waals surface area contributed by atoms with Gasteiger partial charge in [-0.1, -0.05) is 6.08 Å². The lowest BCUT2D eigenvalue weighted by Crippen LogP contribution is -2.29. The molecule has 0 spiro atoms. The van der Waals surface area contributed by atoms with E-state index in [1.54, 1.807) is 0 Å². The van der Waals surface area contributed by atoms with Gasteiger partial charge in [-0.25, -0.2) is 14.4 Å². The Kier molecular flexibility index (Phi) is 5.94. The van der Waals surface area contributed by atoms with Crippen LogP contribution in [0.4, 0.5) is 10.5 Å². The van der Waals surface area contributed by atoms with Crippen LogP contribution in [0.15, 0.2) is 35.9 Å². The van der Waals surface area contributed by atoms with Gasteiger partial charge < -0.3 is 20.8 Å². The molecule has 2 amide bonds. The fourth-order valence-corrected chi connectivity index (χ4v) is 1.43. The summed E-state index contributed by atoms with van der Waals surface area (Å²) >= 11 is 0. The molecule has 4 N–H and O–H groups in total. The summed E-state index contributed by atoms with van der Waals surface area (Å²) in [5, 5.41) is 22.5. The Labute approximate surface area is 121 Å². The Balaban J connectivity index is 2.39. The molecule has 1 rings (SSSR count). The van der Waals surface area contributed by atoms with Crippen molar-refractivity contribution < 1.29 is 24.6 Å². The van der Waals surface area contributed by atoms with E-state index in [4.69, 9.17) is 10.2 Å². The van der Waals surface area contributed by atoms with E-state index in [1.807, 2.05) is 0 Å². The number of nitrogens with one attached hydrogen (secondary N) is 2. The van der Waals surface area contributed by atoms with Crippen LogP contribution in [0.2, 0.25) is 0 Å². The zero-order valence-corrected chi connectivity index (χ0v) is 11.4. The third-order valence-electron chi connectivity index (χ3n) is 2.61. The molecule has 0 saturated heterocycles. The number of anilines is 1. The van der Waals surface area contributed by atoms with E-state index in [2.05, 4.69) is 10.6 Å². The predicted octanol–water partition coefficient (Wildman–Crippen LogP) is 1.93. The van der Waals surface area contributed by atoms with Gasteiger partial charge in [-0.05, 0) is 37.6 Å². The molecule has 0 radical (unpaired) electrons. The summed E-state index contributed by atoms with van der Waals surface area (Å²) in [6, 6.07) is 5.29. The molecule has 0 bridgehead atoms. The number of aromatic carboxylic acids is 1. The summed E-state index contributed by atoms with van der Waals surface area (Å²) in [6.07, 6.45) is 1.92. The maximum absolute atomic E-state index is 11.5. The van der Waals surface area contributed by atoms with Crippen molar-refractivity contribution in [3.05, 3.63) is 41.5 Å². The van der Waals surface area contributed by atoms with E-state index in [1.165, 1.54) is 37.3 Å². The van der Waals surface area contributed by atoms with Crippen molar-refractivity contribution in [3.63, 3.8) is 0 Å². The summed E-state index contributed by atoms with van der Waals surface area (Å²) in [5.41, 5.74) is 0.825. The topological polar surface area (TPSA) is 116 Å². The Morgan fingerprint density at radius 2 is 1.76 bits per heavy atom. The van der Waals surface area contributed by atoms with E-state index >= 15 is 0 Å². The second-order valence-electron chi connectivity index (χ2n) is 4.24. The number of amides is 2. The van der Waals surface area contributed by atoms with Crippen molar-refractivity contribution in [2.24, 2.45) is 0 Å². The molecule has 1 aromatic carbocycles. The molecular weight excluding hydrogens is 276 g/mol. The second-order valence-corrected chi connectivity index (χ2v) is 4.24. The number of carbonyl (C=O) groups is 3. The van der Waals surface area contributed by atoms with Crippen LogP contribution >= 0.6 is 0 Å². The maximum atomic E-state index is 11.5. The lowest BCUT2D eigenvalue weighted by atomic mass is 10.2. The smallest absolute Gasteiger partial charge is 0.335 e. The minimum atomic E-state index is -1.04. The zero-order chi connectivity index (χ0) is 15.8. The van der Waals surface area contributed by atoms with Crippen molar-refractivity contribution in [2.45, 2.75) is 13.3 Å². The Morgan fingerprint density at radius 1 is 1.14 bits per heavy atom. The molecule has 1 aromatic rings. The van der Waals surface area contributed by atoms with Crippen LogP contribution in [-0.2, 0) is 4.79 Å². The minimum Gasteiger partial charge on any atom is -0.478 e. The van der Waals surface area contributed by atoms with Crippen LogP contribution in [0, 0.1) is 0 Å². The van der Waals surface area contributed by atoms with Crippen LogP contribution in [0.3, 0.4) is 0 Å². The minimum absolute atomic E-state index is 0.134. The lowest BCUT2D eigenvalue weighted by Gasteiger charge is -2.07. The summed E-state index contributed by atoms with van der Waals surface area (Å²) in [4.78, 5) is 32.7. The summed E-state index contributed by atoms with van der Waals surface area (Å²) < 4.78 is 0. The molecule has 0 aliphatic heterocycles. The second kappa shape index (κ2) is 7.68. The first-order chi connectivity index (χ1) is 9.90. The molecule has 21 heavy (non-hydrogen) atoms. The quantitative estimate of drug-likeness (QED) is 0.472. The highest BCUT2D eigenvalue weighted by molar-refractivity contribution is 5.91. The number of rotatable bonds is 6. The number of urea groups is 1. The normalized spacial score (nSPS) is 10.8. The average molecular weight is 292 g/mol. The van der Waals surface area contributed by atoms with Gasteiger partial charge in [-0.3, -0.25) is 0 Å². The highest BCUT2D eigenvalue weighted by atomic mass is 16.4. The molecule has 0 aromatic heterocycles. The van der Waals surface area contributed by atoms with E-state index in [0.717, 1.165) is 0 Å².